The fourth-order valence-electron chi connectivity index (χ4n) is 7.33. The van der Waals surface area contributed by atoms with E-state index in [-0.39, 0.29) is 44.5 Å². The van der Waals surface area contributed by atoms with Gasteiger partial charge in [0.15, 0.2) is 0 Å². The smallest absolute Gasteiger partial charge is 0.416 e. The minimum atomic E-state index is -4.63. The molecule has 0 radical (unpaired) electrons. The minimum absolute atomic E-state index is 0.0491. The highest BCUT2D eigenvalue weighted by molar-refractivity contribution is 7.91. The van der Waals surface area contributed by atoms with Gasteiger partial charge in [0.25, 0.3) is 5.91 Å². The van der Waals surface area contributed by atoms with Crippen LogP contribution in [0.2, 0.25) is 0 Å². The number of allylic oxidation sites excluding steroid dienone is 1. The molecule has 3 heterocycles. The Labute approximate surface area is 311 Å². The minimum Gasteiger partial charge on any atom is -0.444 e. The van der Waals surface area contributed by atoms with Crippen molar-refractivity contribution >= 4 is 39.9 Å². The van der Waals surface area contributed by atoms with Crippen molar-refractivity contribution in [3.63, 3.8) is 0 Å². The third-order valence-corrected chi connectivity index (χ3v) is 12.2. The number of rotatable bonds is 5. The highest BCUT2D eigenvalue weighted by Gasteiger charge is 2.62. The molecule has 1 aromatic rings. The van der Waals surface area contributed by atoms with Crippen LogP contribution in [-0.2, 0) is 53.1 Å². The Bertz CT molecular complexity index is 1830. The van der Waals surface area contributed by atoms with Crippen LogP contribution in [0, 0.1) is 5.92 Å². The summed E-state index contributed by atoms with van der Waals surface area (Å²) in [5, 5.41) is 4.65. The van der Waals surface area contributed by atoms with E-state index in [9.17, 15) is 45.6 Å². The van der Waals surface area contributed by atoms with E-state index in [0.717, 1.165) is 15.9 Å². The molecule has 0 unspecified atom stereocenters. The molecule has 5 aliphatic rings. The number of alkyl carbamates (subject to hydrolysis) is 1. The average Bonchev–Trinajstić information content (AvgIpc) is 3.95. The third kappa shape index (κ3) is 8.78. The molecule has 3 aliphatic heterocycles. The lowest BCUT2D eigenvalue weighted by Gasteiger charge is -2.30. The topological polar surface area (TPSA) is 181 Å². The number of amides is 5. The van der Waals surface area contributed by atoms with Crippen LogP contribution in [0.3, 0.4) is 0 Å². The SMILES string of the molecule is CC(C)(C)OC(=O)N[C@H]1CCCCCC=C[C@@H]2C[C@@]2(C(=O)NS(=O)(=O)C2CC2)NC(=O)[C@@H]2C[C@@H](OC(=O)N3Cc4cccc(C(F)(F)F)c4C3)CN2C1=O. The van der Waals surface area contributed by atoms with E-state index in [1.165, 1.54) is 12.1 Å². The number of carbonyl (C=O) groups is 5. The van der Waals surface area contributed by atoms with Crippen molar-refractivity contribution in [2.45, 2.75) is 132 Å². The van der Waals surface area contributed by atoms with Gasteiger partial charge in [0.05, 0.1) is 23.9 Å². The highest BCUT2D eigenvalue weighted by Crippen LogP contribution is 2.46. The standard InChI is InChI=1S/C36H46F3N5O9S/c1-34(2,3)53-32(48)40-27-13-8-6-4-5-7-11-22-17-35(22,31(47)42-54(50,51)24-14-15-24)41-29(45)28-16-23(19-44(28)30(27)46)52-33(49)43-18-21-10-9-12-26(25(21)20-43)36(37,38)39/h7,9-12,22-24,27-28H,4-6,8,13-20H2,1-3H3,(H,40,48)(H,41,45)(H,42,47)/t22-,23-,27+,28+,35-/m1/s1. The van der Waals surface area contributed by atoms with Crippen molar-refractivity contribution in [2.24, 2.45) is 5.92 Å². The zero-order valence-corrected chi connectivity index (χ0v) is 31.2. The number of hydrogen-bond donors (Lipinski definition) is 3. The Kier molecular flexibility index (Phi) is 10.7. The number of nitrogens with zero attached hydrogens (tertiary/aromatic N) is 2. The number of benzene rings is 1. The van der Waals surface area contributed by atoms with Gasteiger partial charge in [0.1, 0.15) is 29.3 Å². The van der Waals surface area contributed by atoms with Crippen molar-refractivity contribution in [2.75, 3.05) is 6.54 Å². The third-order valence-electron chi connectivity index (χ3n) is 10.3. The maximum atomic E-state index is 14.3. The summed E-state index contributed by atoms with van der Waals surface area (Å²) < 4.78 is 79.9. The van der Waals surface area contributed by atoms with E-state index in [0.29, 0.717) is 44.1 Å². The van der Waals surface area contributed by atoms with E-state index in [2.05, 4.69) is 15.4 Å². The lowest BCUT2D eigenvalue weighted by atomic mass is 10.0. The average molecular weight is 782 g/mol. The first-order valence-corrected chi connectivity index (χ1v) is 19.8. The fourth-order valence-corrected chi connectivity index (χ4v) is 8.69. The van der Waals surface area contributed by atoms with Crippen molar-refractivity contribution in [1.82, 2.24) is 25.2 Å². The van der Waals surface area contributed by atoms with E-state index in [4.69, 9.17) is 9.47 Å². The number of nitrogens with one attached hydrogen (secondary N) is 3. The quantitative estimate of drug-likeness (QED) is 0.372. The van der Waals surface area contributed by atoms with E-state index < -0.39 is 92.2 Å². The summed E-state index contributed by atoms with van der Waals surface area (Å²) in [4.78, 5) is 70.7. The lowest BCUT2D eigenvalue weighted by Crippen LogP contribution is -2.58. The van der Waals surface area contributed by atoms with Gasteiger partial charge in [-0.25, -0.2) is 18.0 Å². The van der Waals surface area contributed by atoms with Gasteiger partial charge in [-0.2, -0.15) is 13.2 Å². The lowest BCUT2D eigenvalue weighted by molar-refractivity contribution is -0.141. The molecule has 18 heteroatoms. The van der Waals surface area contributed by atoms with Crippen LogP contribution in [0.4, 0.5) is 22.8 Å². The van der Waals surface area contributed by atoms with Crippen LogP contribution in [0.5, 0.6) is 0 Å². The highest BCUT2D eigenvalue weighted by atomic mass is 32.2. The normalized spacial score (nSPS) is 27.7. The first-order valence-electron chi connectivity index (χ1n) is 18.3. The second kappa shape index (κ2) is 14.7. The largest absolute Gasteiger partial charge is 0.444 e. The summed E-state index contributed by atoms with van der Waals surface area (Å²) in [5.74, 6) is -2.89. The summed E-state index contributed by atoms with van der Waals surface area (Å²) in [6, 6.07) is 1.22. The van der Waals surface area contributed by atoms with Gasteiger partial charge >= 0.3 is 18.4 Å². The Morgan fingerprint density at radius 1 is 1.02 bits per heavy atom. The van der Waals surface area contributed by atoms with Gasteiger partial charge in [0, 0.05) is 18.9 Å². The van der Waals surface area contributed by atoms with Crippen LogP contribution in [-0.4, -0.2) is 89.2 Å². The molecule has 5 amide bonds. The maximum absolute atomic E-state index is 14.3. The summed E-state index contributed by atoms with van der Waals surface area (Å²) in [5.41, 5.74) is -3.10. The van der Waals surface area contributed by atoms with Crippen LogP contribution in [0.25, 0.3) is 0 Å². The Balaban J connectivity index is 1.25. The number of ether oxygens (including phenoxy) is 2. The number of sulfonamides is 1. The second-order valence-corrected chi connectivity index (χ2v) is 17.7. The summed E-state index contributed by atoms with van der Waals surface area (Å²) in [7, 11) is -3.97. The molecule has 1 aromatic carbocycles. The molecule has 2 saturated carbocycles. The number of alkyl halides is 3. The molecule has 0 aromatic heterocycles. The zero-order chi connectivity index (χ0) is 39.2. The molecule has 0 spiro atoms. The molecule has 14 nitrogen and oxygen atoms in total. The first-order chi connectivity index (χ1) is 25.3. The van der Waals surface area contributed by atoms with Gasteiger partial charge in [0.2, 0.25) is 21.8 Å². The van der Waals surface area contributed by atoms with Gasteiger partial charge in [-0.1, -0.05) is 37.1 Å². The molecule has 1 saturated heterocycles. The maximum Gasteiger partial charge on any atom is 0.416 e. The van der Waals surface area contributed by atoms with Crippen LogP contribution < -0.4 is 15.4 Å². The molecule has 3 N–H and O–H groups in total. The molecule has 0 bridgehead atoms. The fraction of sp³-hybridized carbons (Fsp3) is 0.639. The molecule has 296 valence electrons. The van der Waals surface area contributed by atoms with Crippen molar-refractivity contribution < 1.29 is 55.0 Å². The van der Waals surface area contributed by atoms with Crippen molar-refractivity contribution in [3.8, 4) is 0 Å². The second-order valence-electron chi connectivity index (χ2n) is 15.8. The van der Waals surface area contributed by atoms with Crippen molar-refractivity contribution in [1.29, 1.82) is 0 Å². The van der Waals surface area contributed by atoms with E-state index in [1.54, 1.807) is 26.8 Å². The molecular formula is C36H46F3N5O9S. The summed E-state index contributed by atoms with van der Waals surface area (Å²) in [6.07, 6.45) is -0.462. The van der Waals surface area contributed by atoms with Gasteiger partial charge in [-0.15, -0.1) is 0 Å². The van der Waals surface area contributed by atoms with Crippen molar-refractivity contribution in [3.05, 3.63) is 47.0 Å². The van der Waals surface area contributed by atoms with E-state index >= 15 is 0 Å². The Morgan fingerprint density at radius 2 is 1.76 bits per heavy atom. The predicted molar refractivity (Wildman–Crippen MR) is 186 cm³/mol. The van der Waals surface area contributed by atoms with E-state index in [1.807, 2.05) is 6.08 Å². The molecule has 2 aliphatic carbocycles. The molecular weight excluding hydrogens is 735 g/mol. The van der Waals surface area contributed by atoms with Gasteiger partial charge in [-0.3, -0.25) is 24.0 Å². The number of halogens is 3. The Morgan fingerprint density at radius 3 is 2.44 bits per heavy atom. The molecule has 54 heavy (non-hydrogen) atoms. The zero-order valence-electron chi connectivity index (χ0n) is 30.4. The molecule has 5 atom stereocenters. The summed E-state index contributed by atoms with van der Waals surface area (Å²) in [6.45, 7) is 4.18. The number of hydrogen-bond acceptors (Lipinski definition) is 9. The molecule has 3 fully saturated rings. The first kappa shape index (κ1) is 39.3. The van der Waals surface area contributed by atoms with Crippen LogP contribution in [0.15, 0.2) is 30.4 Å². The monoisotopic (exact) mass is 781 g/mol. The van der Waals surface area contributed by atoms with Gasteiger partial charge in [-0.05, 0) is 76.5 Å². The van der Waals surface area contributed by atoms with Crippen LogP contribution in [0.1, 0.15) is 95.2 Å². The number of carbonyl (C=O) groups excluding carboxylic acids is 5. The van der Waals surface area contributed by atoms with Gasteiger partial charge < -0.3 is 25.0 Å². The van der Waals surface area contributed by atoms with Crippen LogP contribution >= 0.6 is 0 Å². The summed E-state index contributed by atoms with van der Waals surface area (Å²) >= 11 is 0. The Hall–Kier alpha value is -4.35. The predicted octanol–water partition coefficient (Wildman–Crippen LogP) is 4.02. The number of fused-ring (bicyclic) bond motifs is 3. The molecule has 6 rings (SSSR count).